The number of benzene rings is 3. The van der Waals surface area contributed by atoms with Gasteiger partial charge in [-0.15, -0.1) is 0 Å². The van der Waals surface area contributed by atoms with E-state index in [0.717, 1.165) is 11.4 Å². The second-order valence-corrected chi connectivity index (χ2v) is 8.53. The van der Waals surface area contributed by atoms with Gasteiger partial charge in [-0.25, -0.2) is 0 Å². The molecule has 0 radical (unpaired) electrons. The predicted octanol–water partition coefficient (Wildman–Crippen LogP) is 6.50. The van der Waals surface area contributed by atoms with E-state index in [1.54, 1.807) is 0 Å². The molecule has 0 unspecified atom stereocenters. The van der Waals surface area contributed by atoms with Crippen LogP contribution in [0.3, 0.4) is 0 Å². The van der Waals surface area contributed by atoms with Crippen molar-refractivity contribution in [2.75, 3.05) is 0 Å². The van der Waals surface area contributed by atoms with Crippen molar-refractivity contribution in [3.05, 3.63) is 132 Å². The van der Waals surface area contributed by atoms with Crippen LogP contribution in [0.25, 0.3) is 33.6 Å². The molecule has 5 rings (SSSR count). The van der Waals surface area contributed by atoms with Crippen LogP contribution >= 0.6 is 0 Å². The summed E-state index contributed by atoms with van der Waals surface area (Å²) in [5, 5.41) is 0. The third-order valence-electron chi connectivity index (χ3n) is 6.27. The Kier molecular flexibility index (Phi) is 5.58. The van der Waals surface area contributed by atoms with Crippen LogP contribution in [-0.2, 0) is 0 Å². The molecule has 160 valence electrons. The summed E-state index contributed by atoms with van der Waals surface area (Å²) in [6, 6.07) is 36.5. The Morgan fingerprint density at radius 3 is 1.70 bits per heavy atom. The molecule has 3 aromatic carbocycles. The molecule has 0 spiro atoms. The van der Waals surface area contributed by atoms with Gasteiger partial charge in [-0.1, -0.05) is 66.7 Å². The Balaban J connectivity index is 1.84. The summed E-state index contributed by atoms with van der Waals surface area (Å²) in [4.78, 5) is 0. The number of rotatable bonds is 4. The highest BCUT2D eigenvalue weighted by Crippen LogP contribution is 2.27. The van der Waals surface area contributed by atoms with Crippen molar-refractivity contribution >= 4 is 0 Å². The Labute approximate surface area is 196 Å². The number of hydrogen-bond acceptors (Lipinski definition) is 0. The third kappa shape index (κ3) is 3.96. The molecule has 0 aliphatic carbocycles. The van der Waals surface area contributed by atoms with E-state index in [9.17, 15) is 0 Å². The molecule has 2 heteroatoms. The molecule has 0 aliphatic heterocycles. The summed E-state index contributed by atoms with van der Waals surface area (Å²) in [6.07, 6.45) is 4.42. The zero-order chi connectivity index (χ0) is 22.8. The first-order valence-corrected chi connectivity index (χ1v) is 11.4. The molecule has 33 heavy (non-hydrogen) atoms. The van der Waals surface area contributed by atoms with Gasteiger partial charge in [-0.2, -0.15) is 0 Å². The number of pyridine rings is 2. The van der Waals surface area contributed by atoms with E-state index < -0.39 is 0 Å². The van der Waals surface area contributed by atoms with Gasteiger partial charge in [0, 0.05) is 18.2 Å². The van der Waals surface area contributed by atoms with Gasteiger partial charge in [-0.05, 0) is 61.2 Å². The van der Waals surface area contributed by atoms with Gasteiger partial charge in [0.15, 0.2) is 0 Å². The molecule has 0 saturated carbocycles. The van der Waals surface area contributed by atoms with E-state index >= 15 is 0 Å². The second kappa shape index (κ2) is 8.84. The molecular weight excluding hydrogens is 400 g/mol. The maximum absolute atomic E-state index is 2.31. The summed E-state index contributed by atoms with van der Waals surface area (Å²) in [5.41, 5.74) is 11.0. The number of hydrogen-bond donors (Lipinski definition) is 0. The summed E-state index contributed by atoms with van der Waals surface area (Å²) in [5.74, 6) is 0. The molecule has 2 heterocycles. The maximum Gasteiger partial charge on any atom is 0.284 e. The monoisotopic (exact) mass is 428 g/mol. The van der Waals surface area contributed by atoms with Crippen molar-refractivity contribution in [2.24, 2.45) is 0 Å². The lowest BCUT2D eigenvalue weighted by Gasteiger charge is -2.09. The molecule has 0 atom stereocenters. The fourth-order valence-corrected chi connectivity index (χ4v) is 4.50. The highest BCUT2D eigenvalue weighted by Gasteiger charge is 2.30. The van der Waals surface area contributed by atoms with Crippen molar-refractivity contribution in [3.8, 4) is 33.6 Å². The molecule has 0 N–H and O–H groups in total. The topological polar surface area (TPSA) is 7.76 Å². The van der Waals surface area contributed by atoms with E-state index in [1.165, 1.54) is 38.9 Å². The van der Waals surface area contributed by atoms with Gasteiger partial charge in [0.2, 0.25) is 6.20 Å². The number of nitrogens with zero attached hydrogens (tertiary/aromatic N) is 2. The van der Waals surface area contributed by atoms with Gasteiger partial charge < -0.3 is 0 Å². The summed E-state index contributed by atoms with van der Waals surface area (Å²) >= 11 is 0. The maximum atomic E-state index is 2.31. The van der Waals surface area contributed by atoms with Crippen molar-refractivity contribution < 1.29 is 9.35 Å². The Morgan fingerprint density at radius 2 is 1.03 bits per heavy atom. The van der Waals surface area contributed by atoms with E-state index in [0.29, 0.717) is 0 Å². The fourth-order valence-electron chi connectivity index (χ4n) is 4.50. The molecule has 5 aromatic rings. The van der Waals surface area contributed by atoms with Crippen molar-refractivity contribution in [1.29, 1.82) is 0 Å². The molecule has 0 fully saturated rings. The van der Waals surface area contributed by atoms with Crippen LogP contribution in [0.5, 0.6) is 0 Å². The van der Waals surface area contributed by atoms with E-state index in [4.69, 9.17) is 0 Å². The molecule has 2 aromatic heterocycles. The Bertz CT molecular complexity index is 1440. The molecule has 0 bridgehead atoms. The summed E-state index contributed by atoms with van der Waals surface area (Å²) in [6.45, 7) is 6.55. The summed E-state index contributed by atoms with van der Waals surface area (Å²) in [7, 11) is 0. The van der Waals surface area contributed by atoms with Crippen LogP contribution in [0.4, 0.5) is 0 Å². The molecule has 0 aliphatic rings. The minimum Gasteiger partial charge on any atom is -0.0622 e. The van der Waals surface area contributed by atoms with Crippen LogP contribution in [-0.4, -0.2) is 0 Å². The Hall–Kier alpha value is -4.04. The van der Waals surface area contributed by atoms with E-state index in [2.05, 4.69) is 146 Å². The van der Waals surface area contributed by atoms with Gasteiger partial charge >= 0.3 is 0 Å². The predicted molar refractivity (Wildman–Crippen MR) is 135 cm³/mol. The lowest BCUT2D eigenvalue weighted by Crippen LogP contribution is -2.68. The fraction of sp³-hybridized carbons (Fsp3) is 0.0968. The molecule has 0 amide bonds. The van der Waals surface area contributed by atoms with E-state index in [1.807, 2.05) is 0 Å². The smallest absolute Gasteiger partial charge is 0.0622 e. The first kappa shape index (κ1) is 20.8. The van der Waals surface area contributed by atoms with E-state index in [-0.39, 0.29) is 0 Å². The largest absolute Gasteiger partial charge is 0.284 e. The van der Waals surface area contributed by atoms with Crippen LogP contribution in [0.2, 0.25) is 0 Å². The molecule has 2 nitrogen and oxygen atoms in total. The second-order valence-electron chi connectivity index (χ2n) is 8.53. The quantitative estimate of drug-likeness (QED) is 0.289. The van der Waals surface area contributed by atoms with Crippen LogP contribution < -0.4 is 9.35 Å². The van der Waals surface area contributed by atoms with Gasteiger partial charge in [0.05, 0.1) is 26.0 Å². The third-order valence-corrected chi connectivity index (χ3v) is 6.27. The minimum atomic E-state index is 1.15. The molecular formula is C31H28N2+2. The lowest BCUT2D eigenvalue weighted by molar-refractivity contribution is -1.29. The standard InChI is InChI=1S/C31H28N2/c1-23-13-7-9-17-27(23)30-19-11-12-20-32(30)33-22-29(26-15-5-4-6-16-26)25(3)21-31(33)28-18-10-8-14-24(28)2/h4-22H,1-3H3/q+2. The zero-order valence-electron chi connectivity index (χ0n) is 19.4. The van der Waals surface area contributed by atoms with Crippen molar-refractivity contribution in [3.63, 3.8) is 0 Å². The van der Waals surface area contributed by atoms with Crippen LogP contribution in [0.15, 0.2) is 116 Å². The normalized spacial score (nSPS) is 10.9. The van der Waals surface area contributed by atoms with Gasteiger partial charge in [0.1, 0.15) is 0 Å². The van der Waals surface area contributed by atoms with Crippen LogP contribution in [0.1, 0.15) is 16.7 Å². The van der Waals surface area contributed by atoms with Gasteiger partial charge in [-0.3, -0.25) is 0 Å². The zero-order valence-corrected chi connectivity index (χ0v) is 19.4. The first-order valence-electron chi connectivity index (χ1n) is 11.4. The average Bonchev–Trinajstić information content (AvgIpc) is 2.85. The van der Waals surface area contributed by atoms with Crippen molar-refractivity contribution in [1.82, 2.24) is 0 Å². The summed E-state index contributed by atoms with van der Waals surface area (Å²) < 4.78 is 4.55. The highest BCUT2D eigenvalue weighted by atomic mass is 15.5. The van der Waals surface area contributed by atoms with Crippen molar-refractivity contribution in [2.45, 2.75) is 20.8 Å². The lowest BCUT2D eigenvalue weighted by atomic mass is 9.98. The highest BCUT2D eigenvalue weighted by molar-refractivity contribution is 5.69. The molecule has 0 saturated heterocycles. The SMILES string of the molecule is Cc1cc(-c2ccccc2C)[n+](-[n+]2ccccc2-c2ccccc2C)cc1-c1ccccc1. The number of aryl methyl sites for hydroxylation is 3. The van der Waals surface area contributed by atoms with Gasteiger partial charge in [0.25, 0.3) is 17.6 Å². The Morgan fingerprint density at radius 1 is 0.455 bits per heavy atom. The minimum absolute atomic E-state index is 1.15. The van der Waals surface area contributed by atoms with Crippen LogP contribution in [0, 0.1) is 20.8 Å². The first-order chi connectivity index (χ1) is 16.1. The number of aromatic nitrogens is 2. The average molecular weight is 429 g/mol.